The summed E-state index contributed by atoms with van der Waals surface area (Å²) in [6.07, 6.45) is 0.853. The highest BCUT2D eigenvalue weighted by Gasteiger charge is 2.33. The normalized spacial score (nSPS) is 15.3. The molecule has 0 bridgehead atoms. The molecule has 3 aromatic carbocycles. The first-order chi connectivity index (χ1) is 16.9. The van der Waals surface area contributed by atoms with Crippen molar-refractivity contribution in [2.75, 3.05) is 7.11 Å². The molecule has 35 heavy (non-hydrogen) atoms. The fourth-order valence-corrected chi connectivity index (χ4v) is 3.91. The lowest BCUT2D eigenvalue weighted by molar-refractivity contribution is -0.140. The molecule has 8 heteroatoms. The van der Waals surface area contributed by atoms with Crippen LogP contribution in [0.2, 0.25) is 0 Å². The first-order valence-electron chi connectivity index (χ1n) is 11.0. The molecule has 0 aliphatic carbocycles. The Morgan fingerprint density at radius 1 is 0.914 bits per heavy atom. The predicted octanol–water partition coefficient (Wildman–Crippen LogP) is 4.96. The number of urea groups is 1. The second kappa shape index (κ2) is 10.8. The van der Waals surface area contributed by atoms with Crippen LogP contribution in [-0.4, -0.2) is 19.1 Å². The lowest BCUT2D eigenvalue weighted by Gasteiger charge is -2.29. The molecule has 1 heterocycles. The zero-order chi connectivity index (χ0) is 24.8. The van der Waals surface area contributed by atoms with Gasteiger partial charge in [-0.3, -0.25) is 0 Å². The molecule has 3 aromatic rings. The molecule has 1 unspecified atom stereocenters. The van der Waals surface area contributed by atoms with Crippen molar-refractivity contribution in [2.24, 2.45) is 0 Å². The highest BCUT2D eigenvalue weighted by Crippen LogP contribution is 2.30. The van der Waals surface area contributed by atoms with Crippen LogP contribution < -0.4 is 15.4 Å². The second-order valence-corrected chi connectivity index (χ2v) is 8.03. The van der Waals surface area contributed by atoms with Crippen LogP contribution in [0.4, 0.5) is 13.6 Å². The van der Waals surface area contributed by atoms with Gasteiger partial charge in [0.15, 0.2) is 0 Å². The molecule has 4 rings (SSSR count). The number of benzene rings is 3. The maximum atomic E-state index is 13.5. The number of rotatable bonds is 8. The monoisotopic (exact) mass is 478 g/mol. The van der Waals surface area contributed by atoms with Crippen molar-refractivity contribution in [2.45, 2.75) is 25.5 Å². The Labute approximate surface area is 201 Å². The van der Waals surface area contributed by atoms with Crippen molar-refractivity contribution in [3.63, 3.8) is 0 Å². The van der Waals surface area contributed by atoms with E-state index in [1.54, 1.807) is 13.2 Å². The van der Waals surface area contributed by atoms with Crippen molar-refractivity contribution >= 4 is 12.0 Å². The van der Waals surface area contributed by atoms with Gasteiger partial charge >= 0.3 is 12.0 Å². The van der Waals surface area contributed by atoms with E-state index < -0.39 is 29.7 Å². The topological polar surface area (TPSA) is 76.7 Å². The number of halogens is 2. The lowest BCUT2D eigenvalue weighted by Crippen LogP contribution is -2.46. The average Bonchev–Trinajstić information content (AvgIpc) is 2.86. The standard InChI is InChI=1S/C27H24F2N2O4/c1-34-22-7-3-4-17(15-22)8-13-23-24(26(32)35-16-18-5-2-6-21(29)14-18)25(31-27(33)30-23)19-9-11-20(28)12-10-19/h2-7,9-12,14-15,25H,8,13,16H2,1H3,(H2,30,31,33). The molecule has 180 valence electrons. The minimum atomic E-state index is -0.843. The van der Waals surface area contributed by atoms with E-state index in [0.717, 1.165) is 5.56 Å². The summed E-state index contributed by atoms with van der Waals surface area (Å²) in [6, 6.07) is 17.4. The van der Waals surface area contributed by atoms with Gasteiger partial charge in [-0.25, -0.2) is 18.4 Å². The number of hydrogen-bond acceptors (Lipinski definition) is 4. The van der Waals surface area contributed by atoms with Crippen LogP contribution in [0.25, 0.3) is 0 Å². The van der Waals surface area contributed by atoms with Crippen LogP contribution in [0.1, 0.15) is 29.2 Å². The molecule has 0 fully saturated rings. The Hall–Kier alpha value is -4.20. The minimum Gasteiger partial charge on any atom is -0.497 e. The SMILES string of the molecule is COc1cccc(CCC2=C(C(=O)OCc3cccc(F)c3)C(c3ccc(F)cc3)NC(=O)N2)c1. The van der Waals surface area contributed by atoms with Gasteiger partial charge in [0.2, 0.25) is 0 Å². The molecule has 0 aromatic heterocycles. The molecule has 1 aliphatic rings. The number of carbonyl (C=O) groups is 2. The largest absolute Gasteiger partial charge is 0.497 e. The highest BCUT2D eigenvalue weighted by atomic mass is 19.1. The fourth-order valence-electron chi connectivity index (χ4n) is 3.91. The van der Waals surface area contributed by atoms with Crippen LogP contribution in [-0.2, 0) is 22.6 Å². The number of amides is 2. The Morgan fingerprint density at radius 3 is 2.40 bits per heavy atom. The van der Waals surface area contributed by atoms with Crippen LogP contribution in [0.3, 0.4) is 0 Å². The Morgan fingerprint density at radius 2 is 1.66 bits per heavy atom. The van der Waals surface area contributed by atoms with Gasteiger partial charge in [0.05, 0.1) is 18.7 Å². The van der Waals surface area contributed by atoms with E-state index in [1.807, 2.05) is 24.3 Å². The zero-order valence-corrected chi connectivity index (χ0v) is 19.0. The molecule has 1 aliphatic heterocycles. The maximum absolute atomic E-state index is 13.5. The quantitative estimate of drug-likeness (QED) is 0.449. The van der Waals surface area contributed by atoms with Crippen LogP contribution in [0.15, 0.2) is 84.1 Å². The van der Waals surface area contributed by atoms with E-state index in [4.69, 9.17) is 9.47 Å². The summed E-state index contributed by atoms with van der Waals surface area (Å²) in [4.78, 5) is 25.8. The summed E-state index contributed by atoms with van der Waals surface area (Å²) in [6.45, 7) is -0.145. The third-order valence-corrected chi connectivity index (χ3v) is 5.63. The van der Waals surface area contributed by atoms with Gasteiger partial charge in [-0.15, -0.1) is 0 Å². The van der Waals surface area contributed by atoms with Crippen LogP contribution >= 0.6 is 0 Å². The first-order valence-corrected chi connectivity index (χ1v) is 11.0. The Balaban J connectivity index is 1.64. The lowest BCUT2D eigenvalue weighted by atomic mass is 9.93. The predicted molar refractivity (Wildman–Crippen MR) is 125 cm³/mol. The van der Waals surface area contributed by atoms with Crippen molar-refractivity contribution in [3.8, 4) is 5.75 Å². The number of carbonyl (C=O) groups excluding carboxylic acids is 2. The summed E-state index contributed by atoms with van der Waals surface area (Å²) in [5.74, 6) is -0.847. The Bertz CT molecular complexity index is 1260. The van der Waals surface area contributed by atoms with Gasteiger partial charge in [0, 0.05) is 5.70 Å². The molecule has 0 radical (unpaired) electrons. The van der Waals surface area contributed by atoms with Gasteiger partial charge in [-0.05, 0) is 65.9 Å². The molecule has 0 spiro atoms. The van der Waals surface area contributed by atoms with Crippen molar-refractivity contribution < 1.29 is 27.8 Å². The maximum Gasteiger partial charge on any atom is 0.338 e. The summed E-state index contributed by atoms with van der Waals surface area (Å²) in [7, 11) is 1.58. The van der Waals surface area contributed by atoms with Gasteiger partial charge in [-0.1, -0.05) is 36.4 Å². The van der Waals surface area contributed by atoms with Crippen molar-refractivity contribution in [3.05, 3.63) is 112 Å². The minimum absolute atomic E-state index is 0.145. The summed E-state index contributed by atoms with van der Waals surface area (Å²) in [5, 5.41) is 5.45. The van der Waals surface area contributed by atoms with E-state index in [-0.39, 0.29) is 12.2 Å². The second-order valence-electron chi connectivity index (χ2n) is 8.03. The summed E-state index contributed by atoms with van der Waals surface area (Å²) in [5.41, 5.74) is 2.57. The first kappa shape index (κ1) is 23.9. The molecule has 0 saturated carbocycles. The average molecular weight is 478 g/mol. The van der Waals surface area contributed by atoms with E-state index in [0.29, 0.717) is 35.4 Å². The third-order valence-electron chi connectivity index (χ3n) is 5.63. The van der Waals surface area contributed by atoms with E-state index in [9.17, 15) is 18.4 Å². The smallest absolute Gasteiger partial charge is 0.338 e. The van der Waals surface area contributed by atoms with Crippen LogP contribution in [0.5, 0.6) is 5.75 Å². The molecule has 1 atom stereocenters. The number of ether oxygens (including phenoxy) is 2. The Kier molecular flexibility index (Phi) is 7.40. The van der Waals surface area contributed by atoms with Gasteiger partial charge in [0.25, 0.3) is 0 Å². The molecule has 2 amide bonds. The molecule has 2 N–H and O–H groups in total. The number of hydrogen-bond donors (Lipinski definition) is 2. The number of nitrogens with one attached hydrogen (secondary N) is 2. The van der Waals surface area contributed by atoms with Crippen molar-refractivity contribution in [1.29, 1.82) is 0 Å². The molecular formula is C27H24F2N2O4. The number of esters is 1. The third kappa shape index (κ3) is 6.03. The van der Waals surface area contributed by atoms with Gasteiger partial charge in [0.1, 0.15) is 24.0 Å². The molecular weight excluding hydrogens is 454 g/mol. The van der Waals surface area contributed by atoms with E-state index >= 15 is 0 Å². The summed E-state index contributed by atoms with van der Waals surface area (Å²) < 4.78 is 37.8. The number of aryl methyl sites for hydroxylation is 1. The highest BCUT2D eigenvalue weighted by molar-refractivity contribution is 5.95. The fraction of sp³-hybridized carbons (Fsp3) is 0.185. The molecule has 0 saturated heterocycles. The van der Waals surface area contributed by atoms with Crippen LogP contribution in [0, 0.1) is 11.6 Å². The van der Waals surface area contributed by atoms with Crippen molar-refractivity contribution in [1.82, 2.24) is 10.6 Å². The number of methoxy groups -OCH3 is 1. The summed E-state index contributed by atoms with van der Waals surface area (Å²) >= 11 is 0. The van der Waals surface area contributed by atoms with Gasteiger partial charge in [-0.2, -0.15) is 0 Å². The number of allylic oxidation sites excluding steroid dienone is 1. The molecule has 6 nitrogen and oxygen atoms in total. The van der Waals surface area contributed by atoms with Gasteiger partial charge < -0.3 is 20.1 Å². The van der Waals surface area contributed by atoms with E-state index in [1.165, 1.54) is 42.5 Å². The zero-order valence-electron chi connectivity index (χ0n) is 19.0. The van der Waals surface area contributed by atoms with E-state index in [2.05, 4.69) is 10.6 Å².